The molecule has 0 saturated carbocycles. The van der Waals surface area contributed by atoms with Gasteiger partial charge in [-0.1, -0.05) is 54.6 Å². The fourth-order valence-electron chi connectivity index (χ4n) is 7.28. The topological polar surface area (TPSA) is 256 Å². The smallest absolute Gasteiger partial charge is 0.407 e. The summed E-state index contributed by atoms with van der Waals surface area (Å²) in [4.78, 5) is 20.3. The summed E-state index contributed by atoms with van der Waals surface area (Å²) in [6.07, 6.45) is -0.986. The van der Waals surface area contributed by atoms with Gasteiger partial charge in [-0.25, -0.2) is 26.6 Å². The number of aliphatic hydroxyl groups excluding tert-OH is 1. The van der Waals surface area contributed by atoms with E-state index >= 15 is 16.8 Å². The Balaban J connectivity index is 1.50. The zero-order chi connectivity index (χ0) is 48.1. The molecule has 5 N–H and O–H groups in total. The molecule has 67 heavy (non-hydrogen) atoms. The molecular formula is C46H51N9O10S2. The van der Waals surface area contributed by atoms with E-state index in [4.69, 9.17) is 29.8 Å². The number of para-hydroxylation sites is 1. The van der Waals surface area contributed by atoms with Crippen molar-refractivity contribution in [2.24, 2.45) is 0 Å². The summed E-state index contributed by atoms with van der Waals surface area (Å²) < 4.78 is 84.8. The second-order valence-electron chi connectivity index (χ2n) is 16.4. The normalized spacial score (nSPS) is 12.5. The number of nitrogens with two attached hydrogens (primary N) is 1. The van der Waals surface area contributed by atoms with Crippen LogP contribution in [0.3, 0.4) is 0 Å². The summed E-state index contributed by atoms with van der Waals surface area (Å²) in [7, 11) is -5.24. The van der Waals surface area contributed by atoms with Gasteiger partial charge >= 0.3 is 6.09 Å². The molecule has 1 atom stereocenters. The maximum Gasteiger partial charge on any atom is 0.407 e. The molecule has 5 aromatic carbocycles. The first-order valence-corrected chi connectivity index (χ1v) is 23.9. The van der Waals surface area contributed by atoms with Crippen LogP contribution >= 0.6 is 0 Å². The Morgan fingerprint density at radius 3 is 1.91 bits per heavy atom. The van der Waals surface area contributed by atoms with E-state index in [9.17, 15) is 9.90 Å². The second kappa shape index (κ2) is 19.8. The molecule has 0 aliphatic rings. The number of methoxy groups -OCH3 is 3. The van der Waals surface area contributed by atoms with Crippen LogP contribution in [0.2, 0.25) is 0 Å². The van der Waals surface area contributed by atoms with Crippen molar-refractivity contribution in [1.82, 2.24) is 39.8 Å². The SMILES string of the molecule is COc1ccc(CN(Cc2ccc(OC)cc2)S(=O)(=O)c2c(S(=O)(=O)C[C@@H](CO)NC(=O)OC(C)(C)C)ccc(-c3cccc4[nH]c(N)nc34)c2-c2nnn(Cc3ccc(OC)cc3)n2)cc1. The highest BCUT2D eigenvalue weighted by Gasteiger charge is 2.39. The molecule has 0 unspecified atom stereocenters. The molecule has 2 aromatic heterocycles. The van der Waals surface area contributed by atoms with Crippen molar-refractivity contribution in [2.75, 3.05) is 39.4 Å². The van der Waals surface area contributed by atoms with Crippen LogP contribution in [-0.4, -0.2) is 108 Å². The van der Waals surface area contributed by atoms with E-state index in [0.29, 0.717) is 45.0 Å². The number of alkyl carbamates (subject to hydrolysis) is 1. The third kappa shape index (κ3) is 11.1. The molecule has 0 fully saturated rings. The maximum absolute atomic E-state index is 16.1. The molecule has 0 aliphatic heterocycles. The van der Waals surface area contributed by atoms with Crippen LogP contribution in [0.1, 0.15) is 37.5 Å². The molecule has 0 saturated heterocycles. The number of nitrogens with zero attached hydrogens (tertiary/aromatic N) is 6. The first-order chi connectivity index (χ1) is 31.9. The molecule has 19 nitrogen and oxygen atoms in total. The first-order valence-electron chi connectivity index (χ1n) is 20.8. The largest absolute Gasteiger partial charge is 0.497 e. The van der Waals surface area contributed by atoms with Crippen LogP contribution in [0, 0.1) is 0 Å². The van der Waals surface area contributed by atoms with Gasteiger partial charge in [-0.2, -0.15) is 9.10 Å². The van der Waals surface area contributed by atoms with E-state index in [1.807, 2.05) is 0 Å². The van der Waals surface area contributed by atoms with E-state index in [2.05, 4.69) is 25.6 Å². The minimum Gasteiger partial charge on any atom is -0.497 e. The second-order valence-corrected chi connectivity index (χ2v) is 20.3. The van der Waals surface area contributed by atoms with Crippen molar-refractivity contribution >= 4 is 42.9 Å². The number of ether oxygens (including phenoxy) is 4. The highest BCUT2D eigenvalue weighted by atomic mass is 32.2. The van der Waals surface area contributed by atoms with E-state index in [0.717, 1.165) is 9.87 Å². The van der Waals surface area contributed by atoms with Gasteiger partial charge in [0.05, 0.1) is 67.8 Å². The number of aliphatic hydroxyl groups is 1. The molecule has 0 aliphatic carbocycles. The van der Waals surface area contributed by atoms with Crippen molar-refractivity contribution in [3.8, 4) is 39.8 Å². The number of sulfonamides is 1. The molecule has 0 radical (unpaired) electrons. The Labute approximate surface area is 387 Å². The predicted molar refractivity (Wildman–Crippen MR) is 250 cm³/mol. The number of carbonyl (C=O) groups is 1. The predicted octanol–water partition coefficient (Wildman–Crippen LogP) is 5.59. The lowest BCUT2D eigenvalue weighted by atomic mass is 9.98. The average molecular weight is 954 g/mol. The number of nitrogens with one attached hydrogen (secondary N) is 2. The van der Waals surface area contributed by atoms with Gasteiger partial charge in [-0.05, 0) is 96.8 Å². The highest BCUT2D eigenvalue weighted by Crippen LogP contribution is 2.43. The number of sulfone groups is 1. The number of tetrazole rings is 1. The van der Waals surface area contributed by atoms with E-state index in [1.165, 1.54) is 31.1 Å². The highest BCUT2D eigenvalue weighted by molar-refractivity contribution is 7.93. The van der Waals surface area contributed by atoms with E-state index in [-0.39, 0.29) is 42.5 Å². The molecule has 21 heteroatoms. The molecule has 0 spiro atoms. The quantitative estimate of drug-likeness (QED) is 0.0818. The van der Waals surface area contributed by atoms with Crippen molar-refractivity contribution in [1.29, 1.82) is 0 Å². The minimum atomic E-state index is -5.01. The summed E-state index contributed by atoms with van der Waals surface area (Å²) in [5.41, 5.74) is 8.22. The summed E-state index contributed by atoms with van der Waals surface area (Å²) >= 11 is 0. The minimum absolute atomic E-state index is 0.0808. The zero-order valence-corrected chi connectivity index (χ0v) is 39.3. The van der Waals surface area contributed by atoms with Gasteiger partial charge in [0.1, 0.15) is 27.7 Å². The number of nitrogen functional groups attached to an aromatic ring is 1. The fraction of sp³-hybridized carbons (Fsp3) is 0.283. The number of anilines is 1. The van der Waals surface area contributed by atoms with Gasteiger partial charge in [-0.15, -0.1) is 10.2 Å². The summed E-state index contributed by atoms with van der Waals surface area (Å²) in [5, 5.41) is 26.3. The Morgan fingerprint density at radius 1 is 0.806 bits per heavy atom. The lowest BCUT2D eigenvalue weighted by Crippen LogP contribution is -2.44. The van der Waals surface area contributed by atoms with Gasteiger partial charge in [-0.3, -0.25) is 0 Å². The lowest BCUT2D eigenvalue weighted by Gasteiger charge is -2.27. The Morgan fingerprint density at radius 2 is 1.37 bits per heavy atom. The number of H-pyrrole nitrogens is 1. The van der Waals surface area contributed by atoms with Crippen molar-refractivity contribution in [3.05, 3.63) is 120 Å². The Kier molecular flexibility index (Phi) is 14.2. The molecule has 2 heterocycles. The standard InChI is InChI=1S/C46H51N9O10S2/c1-46(2,3)65-45(57)48-32(27-56)28-66(58,59)39-23-22-36(37-8-7-9-38-41(37)50-44(47)49-38)40(43-51-53-55(52-43)26-31-14-20-35(64-6)21-15-31)42(39)67(60,61)54(24-29-10-16-33(62-4)17-11-29)25-30-12-18-34(63-5)19-13-30/h7-23,32,56H,24-28H2,1-6H3,(H,48,57)(H3,47,49,50)/t32-/m1/s1. The van der Waals surface area contributed by atoms with Crippen LogP contribution < -0.4 is 25.3 Å². The number of benzene rings is 5. The van der Waals surface area contributed by atoms with Gasteiger partial charge in [0.25, 0.3) is 0 Å². The lowest BCUT2D eigenvalue weighted by molar-refractivity contribution is 0.0490. The van der Waals surface area contributed by atoms with Gasteiger partial charge in [0.2, 0.25) is 15.8 Å². The van der Waals surface area contributed by atoms with Crippen molar-refractivity contribution in [2.45, 2.75) is 61.8 Å². The Bertz CT molecular complexity index is 3030. The van der Waals surface area contributed by atoms with Crippen LogP contribution in [0.15, 0.2) is 113 Å². The number of amides is 1. The molecule has 7 aromatic rings. The molecule has 352 valence electrons. The number of hydrogen-bond donors (Lipinski definition) is 4. The summed E-state index contributed by atoms with van der Waals surface area (Å²) in [5.74, 6) is 0.597. The van der Waals surface area contributed by atoms with Crippen LogP contribution in [0.25, 0.3) is 33.5 Å². The molecule has 1 amide bonds. The van der Waals surface area contributed by atoms with Crippen LogP contribution in [0.5, 0.6) is 17.2 Å². The monoisotopic (exact) mass is 953 g/mol. The third-order valence-electron chi connectivity index (χ3n) is 10.4. The number of aromatic amines is 1. The number of aromatic nitrogens is 6. The van der Waals surface area contributed by atoms with Gasteiger partial charge < -0.3 is 40.1 Å². The number of hydrogen-bond acceptors (Lipinski definition) is 15. The van der Waals surface area contributed by atoms with Gasteiger partial charge in [0, 0.05) is 18.7 Å². The third-order valence-corrected chi connectivity index (χ3v) is 14.3. The number of imidazole rings is 1. The molecular weight excluding hydrogens is 903 g/mol. The van der Waals surface area contributed by atoms with Crippen LogP contribution in [0.4, 0.5) is 10.7 Å². The molecule has 7 rings (SSSR count). The van der Waals surface area contributed by atoms with Crippen LogP contribution in [-0.2, 0) is 44.2 Å². The average Bonchev–Trinajstić information content (AvgIpc) is 3.93. The number of carbonyl (C=O) groups excluding carboxylic acids is 1. The fourth-order valence-corrected chi connectivity index (χ4v) is 11.2. The van der Waals surface area contributed by atoms with E-state index in [1.54, 1.807) is 119 Å². The zero-order valence-electron chi connectivity index (χ0n) is 37.6. The van der Waals surface area contributed by atoms with Gasteiger partial charge in [0.15, 0.2) is 15.8 Å². The number of fused-ring (bicyclic) bond motifs is 1. The van der Waals surface area contributed by atoms with Crippen molar-refractivity contribution in [3.63, 3.8) is 0 Å². The van der Waals surface area contributed by atoms with Crippen molar-refractivity contribution < 1.29 is 45.7 Å². The number of rotatable bonds is 18. The summed E-state index contributed by atoms with van der Waals surface area (Å²) in [6.45, 7) is 3.64. The maximum atomic E-state index is 16.1. The van der Waals surface area contributed by atoms with E-state index < -0.39 is 59.7 Å². The molecule has 0 bridgehead atoms. The summed E-state index contributed by atoms with van der Waals surface area (Å²) in [6, 6.07) is 27.0. The Hall–Kier alpha value is -7.07. The first kappa shape index (κ1) is 47.9.